The minimum absolute atomic E-state index is 0. The second-order valence-electron chi connectivity index (χ2n) is 8.87. The maximum atomic E-state index is 3.38. The van der Waals surface area contributed by atoms with E-state index < -0.39 is 0 Å². The normalized spacial score (nSPS) is 13.4. The van der Waals surface area contributed by atoms with Gasteiger partial charge in [-0.25, -0.2) is 0 Å². The molecule has 1 aromatic rings. The first-order valence-corrected chi connectivity index (χ1v) is 9.23. The molecule has 0 nitrogen and oxygen atoms in total. The van der Waals surface area contributed by atoms with Gasteiger partial charge in [0.25, 0.3) is 0 Å². The summed E-state index contributed by atoms with van der Waals surface area (Å²) in [5.74, 6) is 0. The van der Waals surface area contributed by atoms with Crippen LogP contribution in [0.1, 0.15) is 79.0 Å². The van der Waals surface area contributed by atoms with E-state index in [0.717, 1.165) is 8.20 Å². The summed E-state index contributed by atoms with van der Waals surface area (Å²) in [7, 11) is 1.12. The van der Waals surface area contributed by atoms with Crippen LogP contribution in [0.2, 0.25) is 0 Å². The Kier molecular flexibility index (Phi) is 7.73. The molecule has 0 aliphatic heterocycles. The standard InChI is InChI=1S/C19H29BrP.Li/c1-17(2,3)13-10-14(18(4,5)6)16(21-12-20)15(11-13)19(7,8)9;/h10-11H,1-9H3;/q-1;+1. The van der Waals surface area contributed by atoms with E-state index in [-0.39, 0.29) is 35.1 Å². The maximum absolute atomic E-state index is 3.38. The van der Waals surface area contributed by atoms with Crippen molar-refractivity contribution in [3.05, 3.63) is 28.8 Å². The van der Waals surface area contributed by atoms with Gasteiger partial charge in [0, 0.05) is 0 Å². The van der Waals surface area contributed by atoms with Gasteiger partial charge in [-0.3, -0.25) is 8.20 Å². The van der Waals surface area contributed by atoms with E-state index in [1.807, 2.05) is 0 Å². The van der Waals surface area contributed by atoms with Gasteiger partial charge in [-0.2, -0.15) is 0 Å². The van der Waals surface area contributed by atoms with E-state index >= 15 is 0 Å². The van der Waals surface area contributed by atoms with Crippen molar-refractivity contribution in [2.45, 2.75) is 78.6 Å². The Hall–Kier alpha value is 0.467. The average Bonchev–Trinajstić information content (AvgIpc) is 2.24. The zero-order valence-corrected chi connectivity index (χ0v) is 18.5. The van der Waals surface area contributed by atoms with Crippen molar-refractivity contribution in [2.24, 2.45) is 0 Å². The van der Waals surface area contributed by atoms with Crippen molar-refractivity contribution in [3.63, 3.8) is 0 Å². The van der Waals surface area contributed by atoms with Gasteiger partial charge in [-0.15, -0.1) is 0 Å². The Morgan fingerprint density at radius 2 is 1.14 bits per heavy atom. The number of hydrogen-bond donors (Lipinski definition) is 0. The molecule has 0 saturated carbocycles. The van der Waals surface area contributed by atoms with Gasteiger partial charge in [0.1, 0.15) is 0 Å². The van der Waals surface area contributed by atoms with Crippen LogP contribution in [0.3, 0.4) is 0 Å². The molecule has 0 aromatic heterocycles. The molecule has 0 heterocycles. The summed E-state index contributed by atoms with van der Waals surface area (Å²) in [5, 5.41) is 1.40. The molecule has 0 saturated heterocycles. The van der Waals surface area contributed by atoms with Crippen LogP contribution < -0.4 is 24.2 Å². The summed E-state index contributed by atoms with van der Waals surface area (Å²) < 4.78 is 3.15. The minimum atomic E-state index is 0. The molecule has 22 heavy (non-hydrogen) atoms. The van der Waals surface area contributed by atoms with Crippen molar-refractivity contribution >= 4 is 34.1 Å². The summed E-state index contributed by atoms with van der Waals surface area (Å²) >= 11 is 3.38. The van der Waals surface area contributed by atoms with Crippen LogP contribution in [0.5, 0.6) is 0 Å². The molecule has 0 radical (unpaired) electrons. The summed E-state index contributed by atoms with van der Waals surface area (Å²) in [6.07, 6.45) is 0. The molecular formula is C19H29BrLiP. The van der Waals surface area contributed by atoms with E-state index in [1.165, 1.54) is 22.0 Å². The van der Waals surface area contributed by atoms with Crippen LogP contribution in [0.15, 0.2) is 12.1 Å². The first-order chi connectivity index (χ1) is 9.28. The van der Waals surface area contributed by atoms with Crippen LogP contribution in [0, 0.1) is 0 Å². The number of rotatable bonds is 1. The van der Waals surface area contributed by atoms with E-state index in [4.69, 9.17) is 0 Å². The first kappa shape index (κ1) is 22.5. The fourth-order valence-electron chi connectivity index (χ4n) is 2.37. The number of halogens is 1. The molecule has 0 spiro atoms. The average molecular weight is 375 g/mol. The topological polar surface area (TPSA) is 0 Å². The Morgan fingerprint density at radius 3 is 1.36 bits per heavy atom. The third kappa shape index (κ3) is 5.53. The second kappa shape index (κ2) is 7.57. The Morgan fingerprint density at radius 1 is 0.773 bits per heavy atom. The third-order valence-corrected chi connectivity index (χ3v) is 5.07. The van der Waals surface area contributed by atoms with E-state index in [9.17, 15) is 0 Å². The molecule has 0 aliphatic rings. The van der Waals surface area contributed by atoms with Gasteiger partial charge in [0.2, 0.25) is 0 Å². The quantitative estimate of drug-likeness (QED) is 0.402. The van der Waals surface area contributed by atoms with Crippen LogP contribution in [0.25, 0.3) is 0 Å². The van der Waals surface area contributed by atoms with Crippen LogP contribution in [-0.4, -0.2) is 4.71 Å². The SMILES string of the molecule is CC(C)(C)c1cc(C(C)(C)C)c(P=[C-]Br)c(C(C)(C)C)c1.[Li+]. The predicted molar refractivity (Wildman–Crippen MR) is 103 cm³/mol. The van der Waals surface area contributed by atoms with E-state index in [2.05, 4.69) is 95.1 Å². The third-order valence-electron chi connectivity index (χ3n) is 3.75. The van der Waals surface area contributed by atoms with Crippen molar-refractivity contribution in [2.75, 3.05) is 0 Å². The van der Waals surface area contributed by atoms with Gasteiger partial charge in [-0.05, 0) is 38.2 Å². The molecule has 1 aromatic carbocycles. The zero-order valence-electron chi connectivity index (χ0n) is 16.0. The van der Waals surface area contributed by atoms with E-state index in [0.29, 0.717) is 0 Å². The van der Waals surface area contributed by atoms with Crippen molar-refractivity contribution < 1.29 is 18.9 Å². The van der Waals surface area contributed by atoms with Gasteiger partial charge >= 0.3 is 18.9 Å². The summed E-state index contributed by atoms with van der Waals surface area (Å²) in [4.78, 5) is 0. The molecule has 0 atom stereocenters. The Bertz CT molecular complexity index is 505. The first-order valence-electron chi connectivity index (χ1n) is 7.54. The molecule has 0 amide bonds. The van der Waals surface area contributed by atoms with Crippen LogP contribution in [-0.2, 0) is 16.2 Å². The summed E-state index contributed by atoms with van der Waals surface area (Å²) in [6.45, 7) is 20.7. The molecule has 1 rings (SSSR count). The fourth-order valence-corrected chi connectivity index (χ4v) is 4.03. The van der Waals surface area contributed by atoms with Crippen LogP contribution in [0.4, 0.5) is 0 Å². The van der Waals surface area contributed by atoms with Crippen molar-refractivity contribution in [3.8, 4) is 0 Å². The van der Waals surface area contributed by atoms with Gasteiger partial charge in [0.15, 0.2) is 0 Å². The maximum Gasteiger partial charge on any atom is 1.00 e. The van der Waals surface area contributed by atoms with Crippen molar-refractivity contribution in [1.29, 1.82) is 0 Å². The van der Waals surface area contributed by atoms with Gasteiger partial charge in [0.05, 0.1) is 0 Å². The van der Waals surface area contributed by atoms with Gasteiger partial charge in [-0.1, -0.05) is 74.4 Å². The summed E-state index contributed by atoms with van der Waals surface area (Å²) in [6, 6.07) is 4.81. The van der Waals surface area contributed by atoms with Gasteiger partial charge < -0.3 is 20.6 Å². The van der Waals surface area contributed by atoms with Crippen LogP contribution >= 0.6 is 24.1 Å². The minimum Gasteiger partial charge on any atom is -0.388 e. The fraction of sp³-hybridized carbons (Fsp3) is 0.632. The Labute approximate surface area is 160 Å². The van der Waals surface area contributed by atoms with E-state index in [1.54, 1.807) is 0 Å². The van der Waals surface area contributed by atoms with Crippen molar-refractivity contribution in [1.82, 2.24) is 0 Å². The smallest absolute Gasteiger partial charge is 0.388 e. The molecule has 0 N–H and O–H groups in total. The molecule has 118 valence electrons. The molecule has 0 fully saturated rings. The Balaban J connectivity index is 0.00000441. The zero-order chi connectivity index (χ0) is 16.6. The molecule has 0 unspecified atom stereocenters. The molecule has 3 heteroatoms. The molecule has 0 aliphatic carbocycles. The molecular weight excluding hydrogens is 346 g/mol. The second-order valence-corrected chi connectivity index (χ2v) is 10.8. The molecule has 0 bridgehead atoms. The summed E-state index contributed by atoms with van der Waals surface area (Å²) in [5.41, 5.74) is 4.73. The predicted octanol–water partition coefficient (Wildman–Crippen LogP) is 3.19. The number of benzene rings is 1. The monoisotopic (exact) mass is 374 g/mol. The largest absolute Gasteiger partial charge is 1.00 e. The number of hydrogen-bond acceptors (Lipinski definition) is 0.